The number of nitrogens with two attached hydrogens (primary N) is 1. The van der Waals surface area contributed by atoms with E-state index < -0.39 is 5.54 Å². The number of hydrogen-bond donors (Lipinski definition) is 2. The summed E-state index contributed by atoms with van der Waals surface area (Å²) in [5.41, 5.74) is 6.69. The van der Waals surface area contributed by atoms with Crippen LogP contribution < -0.4 is 11.1 Å². The van der Waals surface area contributed by atoms with Crippen LogP contribution in [0, 0.1) is 0 Å². The molecule has 3 N–H and O–H groups in total. The van der Waals surface area contributed by atoms with Crippen molar-refractivity contribution in [2.24, 2.45) is 5.73 Å². The summed E-state index contributed by atoms with van der Waals surface area (Å²) in [6.45, 7) is 1.14. The summed E-state index contributed by atoms with van der Waals surface area (Å²) in [4.78, 5) is 13.8. The first-order valence-corrected chi connectivity index (χ1v) is 8.07. The average molecular weight is 329 g/mol. The zero-order valence-electron chi connectivity index (χ0n) is 11.8. The minimum atomic E-state index is -0.766. The first-order chi connectivity index (χ1) is 9.69. The van der Waals surface area contributed by atoms with Gasteiger partial charge in [0.1, 0.15) is 0 Å². The average Bonchev–Trinajstić information content (AvgIpc) is 2.48. The van der Waals surface area contributed by atoms with Gasteiger partial charge in [-0.15, -0.1) is 24.2 Å². The van der Waals surface area contributed by atoms with Gasteiger partial charge in [-0.05, 0) is 30.9 Å². The molecule has 0 spiro atoms. The highest BCUT2D eigenvalue weighted by Gasteiger charge is 2.37. The summed E-state index contributed by atoms with van der Waals surface area (Å²) < 4.78 is 5.30. The third kappa shape index (κ3) is 3.54. The number of halogens is 1. The topological polar surface area (TPSA) is 64.4 Å². The Morgan fingerprint density at radius 2 is 2.05 bits per heavy atom. The smallest absolute Gasteiger partial charge is 0.240 e. The predicted octanol–water partition coefficient (Wildman–Crippen LogP) is 2.27. The Kier molecular flexibility index (Phi) is 5.54. The van der Waals surface area contributed by atoms with Crippen LogP contribution in [0.4, 0.5) is 0 Å². The van der Waals surface area contributed by atoms with E-state index in [4.69, 9.17) is 10.5 Å². The lowest BCUT2D eigenvalue weighted by molar-refractivity contribution is -0.130. The summed E-state index contributed by atoms with van der Waals surface area (Å²) in [6, 6.07) is 8.36. The molecule has 4 nitrogen and oxygen atoms in total. The molecule has 1 unspecified atom stereocenters. The van der Waals surface area contributed by atoms with Crippen LogP contribution in [0.1, 0.15) is 30.9 Å². The number of fused-ring (bicyclic) bond motifs is 1. The zero-order chi connectivity index (χ0) is 14.0. The van der Waals surface area contributed by atoms with Crippen LogP contribution in [-0.4, -0.2) is 30.4 Å². The molecule has 0 saturated carbocycles. The third-order valence-corrected chi connectivity index (χ3v) is 5.22. The van der Waals surface area contributed by atoms with E-state index >= 15 is 0 Å². The SMILES string of the molecule is Cl.NC1(C(=O)NC2CCSc3ccccc32)CCOCC1. The summed E-state index contributed by atoms with van der Waals surface area (Å²) in [6.07, 6.45) is 2.16. The van der Waals surface area contributed by atoms with E-state index in [2.05, 4.69) is 17.4 Å². The summed E-state index contributed by atoms with van der Waals surface area (Å²) in [5.74, 6) is 0.996. The van der Waals surface area contributed by atoms with Gasteiger partial charge in [0.05, 0.1) is 11.6 Å². The van der Waals surface area contributed by atoms with Crippen molar-refractivity contribution in [2.45, 2.75) is 35.7 Å². The number of benzene rings is 1. The fraction of sp³-hybridized carbons (Fsp3) is 0.533. The Morgan fingerprint density at radius 3 is 2.81 bits per heavy atom. The number of thioether (sulfide) groups is 1. The standard InChI is InChI=1S/C15H20N2O2S.ClH/c16-15(6-8-19-9-7-15)14(18)17-12-5-10-20-13-4-2-1-3-11(12)13;/h1-4,12H,5-10,16H2,(H,17,18);1H. The van der Waals surface area contributed by atoms with E-state index in [1.54, 1.807) is 0 Å². The molecule has 21 heavy (non-hydrogen) atoms. The van der Waals surface area contributed by atoms with Gasteiger partial charge in [0.15, 0.2) is 0 Å². The lowest BCUT2D eigenvalue weighted by atomic mass is 9.89. The Hall–Kier alpha value is -0.750. The lowest BCUT2D eigenvalue weighted by Gasteiger charge is -2.34. The highest BCUT2D eigenvalue weighted by molar-refractivity contribution is 7.99. The molecule has 1 saturated heterocycles. The van der Waals surface area contributed by atoms with Gasteiger partial charge in [0.25, 0.3) is 0 Å². The molecule has 0 radical (unpaired) electrons. The monoisotopic (exact) mass is 328 g/mol. The quantitative estimate of drug-likeness (QED) is 0.874. The van der Waals surface area contributed by atoms with E-state index in [9.17, 15) is 4.79 Å². The van der Waals surface area contributed by atoms with Crippen LogP contribution in [0.2, 0.25) is 0 Å². The van der Waals surface area contributed by atoms with Gasteiger partial charge in [-0.2, -0.15) is 0 Å². The maximum Gasteiger partial charge on any atom is 0.240 e. The first-order valence-electron chi connectivity index (χ1n) is 7.08. The second-order valence-corrected chi connectivity index (χ2v) is 6.61. The molecule has 1 aromatic carbocycles. The molecule has 3 rings (SSSR count). The Bertz CT molecular complexity index is 506. The van der Waals surface area contributed by atoms with Gasteiger partial charge in [0, 0.05) is 23.9 Å². The van der Waals surface area contributed by atoms with Crippen LogP contribution in [0.15, 0.2) is 29.2 Å². The highest BCUT2D eigenvalue weighted by atomic mass is 35.5. The number of ether oxygens (including phenoxy) is 1. The molecular weight excluding hydrogens is 308 g/mol. The Labute approximate surface area is 135 Å². The van der Waals surface area contributed by atoms with E-state index in [0.29, 0.717) is 26.1 Å². The fourth-order valence-corrected chi connectivity index (χ4v) is 3.88. The van der Waals surface area contributed by atoms with E-state index in [1.165, 1.54) is 10.5 Å². The summed E-state index contributed by atoms with van der Waals surface area (Å²) >= 11 is 1.85. The molecule has 1 aromatic rings. The molecule has 2 heterocycles. The number of rotatable bonds is 2. The molecule has 6 heteroatoms. The Balaban J connectivity index is 0.00000161. The van der Waals surface area contributed by atoms with Gasteiger partial charge in [0.2, 0.25) is 5.91 Å². The van der Waals surface area contributed by atoms with E-state index in [0.717, 1.165) is 12.2 Å². The first kappa shape index (κ1) is 16.6. The molecule has 0 aliphatic carbocycles. The molecule has 2 aliphatic heterocycles. The molecule has 1 fully saturated rings. The van der Waals surface area contributed by atoms with Crippen LogP contribution >= 0.6 is 24.2 Å². The van der Waals surface area contributed by atoms with E-state index in [1.807, 2.05) is 23.9 Å². The van der Waals surface area contributed by atoms with Gasteiger partial charge in [-0.3, -0.25) is 4.79 Å². The van der Waals surface area contributed by atoms with Crippen molar-refractivity contribution in [1.29, 1.82) is 0 Å². The van der Waals surface area contributed by atoms with Crippen molar-refractivity contribution in [3.8, 4) is 0 Å². The maximum absolute atomic E-state index is 12.5. The molecule has 116 valence electrons. The summed E-state index contributed by atoms with van der Waals surface area (Å²) in [5, 5.41) is 3.15. The second-order valence-electron chi connectivity index (χ2n) is 5.47. The van der Waals surface area contributed by atoms with Crippen molar-refractivity contribution in [1.82, 2.24) is 5.32 Å². The van der Waals surface area contributed by atoms with Gasteiger partial charge < -0.3 is 15.8 Å². The number of nitrogens with one attached hydrogen (secondary N) is 1. The van der Waals surface area contributed by atoms with Gasteiger partial charge in [-0.1, -0.05) is 18.2 Å². The number of carbonyl (C=O) groups is 1. The molecule has 1 atom stereocenters. The van der Waals surface area contributed by atoms with Crippen molar-refractivity contribution in [3.05, 3.63) is 29.8 Å². The molecule has 2 aliphatic rings. The predicted molar refractivity (Wildman–Crippen MR) is 86.9 cm³/mol. The largest absolute Gasteiger partial charge is 0.381 e. The summed E-state index contributed by atoms with van der Waals surface area (Å²) in [7, 11) is 0. The fourth-order valence-electron chi connectivity index (χ4n) is 2.76. The van der Waals surface area contributed by atoms with Gasteiger partial charge in [-0.25, -0.2) is 0 Å². The minimum Gasteiger partial charge on any atom is -0.381 e. The van der Waals surface area contributed by atoms with Crippen LogP contribution in [-0.2, 0) is 9.53 Å². The highest BCUT2D eigenvalue weighted by Crippen LogP contribution is 2.36. The molecule has 0 aromatic heterocycles. The zero-order valence-corrected chi connectivity index (χ0v) is 13.5. The minimum absolute atomic E-state index is 0. The molecule has 1 amide bonds. The molecule has 0 bridgehead atoms. The second kappa shape index (κ2) is 7.01. The van der Waals surface area contributed by atoms with Gasteiger partial charge >= 0.3 is 0 Å². The van der Waals surface area contributed by atoms with E-state index in [-0.39, 0.29) is 24.4 Å². The maximum atomic E-state index is 12.5. The Morgan fingerprint density at radius 1 is 1.33 bits per heavy atom. The van der Waals surface area contributed by atoms with Crippen LogP contribution in [0.25, 0.3) is 0 Å². The van der Waals surface area contributed by atoms with Crippen molar-refractivity contribution < 1.29 is 9.53 Å². The van der Waals surface area contributed by atoms with Crippen molar-refractivity contribution in [2.75, 3.05) is 19.0 Å². The van der Waals surface area contributed by atoms with Crippen molar-refractivity contribution >= 4 is 30.1 Å². The normalized spacial score (nSPS) is 23.6. The number of carbonyl (C=O) groups excluding carboxylic acids is 1. The third-order valence-electron chi connectivity index (χ3n) is 4.10. The number of hydrogen-bond acceptors (Lipinski definition) is 4. The lowest BCUT2D eigenvalue weighted by Crippen LogP contribution is -2.57. The number of amides is 1. The van der Waals surface area contributed by atoms with Crippen molar-refractivity contribution in [3.63, 3.8) is 0 Å². The molecular formula is C15H21ClN2O2S. The van der Waals surface area contributed by atoms with Crippen LogP contribution in [0.3, 0.4) is 0 Å². The van der Waals surface area contributed by atoms with Crippen LogP contribution in [0.5, 0.6) is 0 Å².